The Morgan fingerprint density at radius 2 is 2.16 bits per heavy atom. The lowest BCUT2D eigenvalue weighted by Crippen LogP contribution is -2.15. The minimum absolute atomic E-state index is 0.392. The summed E-state index contributed by atoms with van der Waals surface area (Å²) in [5, 5.41) is 9.34. The Morgan fingerprint density at radius 3 is 2.79 bits per heavy atom. The van der Waals surface area contributed by atoms with Crippen LogP contribution >= 0.6 is 0 Å². The molecule has 1 unspecified atom stereocenters. The van der Waals surface area contributed by atoms with E-state index in [1.165, 1.54) is 0 Å². The van der Waals surface area contributed by atoms with Crippen LogP contribution in [0.15, 0.2) is 48.7 Å². The van der Waals surface area contributed by atoms with Crippen LogP contribution in [0.4, 0.5) is 0 Å². The van der Waals surface area contributed by atoms with Crippen LogP contribution in [0.3, 0.4) is 0 Å². The second-order valence-electron chi connectivity index (χ2n) is 4.20. The highest BCUT2D eigenvalue weighted by molar-refractivity contribution is 5.75. The Balaban J connectivity index is 2.24. The summed E-state index contributed by atoms with van der Waals surface area (Å²) < 4.78 is 5.14. The summed E-state index contributed by atoms with van der Waals surface area (Å²) in [6, 6.07) is 12.7. The molecule has 0 saturated carbocycles. The average Bonchev–Trinajstić information content (AvgIpc) is 2.45. The van der Waals surface area contributed by atoms with Gasteiger partial charge in [0.25, 0.3) is 0 Å². The minimum atomic E-state index is -0.874. The van der Waals surface area contributed by atoms with E-state index >= 15 is 0 Å². The van der Waals surface area contributed by atoms with Gasteiger partial charge in [0.2, 0.25) is 0 Å². The normalized spacial score (nSPS) is 11.8. The van der Waals surface area contributed by atoms with Gasteiger partial charge in [-0.1, -0.05) is 18.2 Å². The van der Waals surface area contributed by atoms with Gasteiger partial charge in [-0.25, -0.2) is 0 Å². The lowest BCUT2D eigenvalue weighted by Gasteiger charge is -2.12. The number of benzene rings is 1. The molecule has 4 nitrogen and oxygen atoms in total. The summed E-state index contributed by atoms with van der Waals surface area (Å²) in [4.78, 5) is 15.5. The summed E-state index contributed by atoms with van der Waals surface area (Å²) in [6.07, 6.45) is 2.00. The summed E-state index contributed by atoms with van der Waals surface area (Å²) in [5.74, 6) is -0.794. The number of ether oxygens (including phenoxy) is 1. The lowest BCUT2D eigenvalue weighted by atomic mass is 9.95. The molecular weight excluding hydrogens is 242 g/mol. The molecular formula is C15H15NO3. The van der Waals surface area contributed by atoms with Crippen molar-refractivity contribution in [1.82, 2.24) is 4.98 Å². The second-order valence-corrected chi connectivity index (χ2v) is 4.20. The zero-order valence-electron chi connectivity index (χ0n) is 10.6. The third-order valence-electron chi connectivity index (χ3n) is 2.92. The van der Waals surface area contributed by atoms with Gasteiger partial charge in [0.15, 0.2) is 0 Å². The number of carboxylic acid groups (broad SMARTS) is 1. The molecule has 4 heteroatoms. The van der Waals surface area contributed by atoms with Gasteiger partial charge in [0.05, 0.1) is 12.8 Å². The molecule has 0 aliphatic carbocycles. The first-order valence-electron chi connectivity index (χ1n) is 5.97. The molecule has 0 spiro atoms. The predicted octanol–water partition coefficient (Wildman–Crippen LogP) is 2.50. The van der Waals surface area contributed by atoms with E-state index in [0.717, 1.165) is 11.3 Å². The number of carboxylic acids is 1. The van der Waals surface area contributed by atoms with E-state index in [1.54, 1.807) is 31.5 Å². The SMILES string of the molecule is COc1cccc(CC(C(=O)O)c2ccccn2)c1. The van der Waals surface area contributed by atoms with Crippen molar-refractivity contribution in [1.29, 1.82) is 0 Å². The largest absolute Gasteiger partial charge is 0.497 e. The van der Waals surface area contributed by atoms with Crippen molar-refractivity contribution in [3.05, 3.63) is 59.9 Å². The molecule has 1 atom stereocenters. The minimum Gasteiger partial charge on any atom is -0.497 e. The molecule has 98 valence electrons. The van der Waals surface area contributed by atoms with Gasteiger partial charge in [-0.05, 0) is 36.2 Å². The third kappa shape index (κ3) is 3.31. The predicted molar refractivity (Wildman–Crippen MR) is 71.3 cm³/mol. The van der Waals surface area contributed by atoms with E-state index in [4.69, 9.17) is 4.74 Å². The molecule has 0 aliphatic heterocycles. The highest BCUT2D eigenvalue weighted by Crippen LogP contribution is 2.22. The van der Waals surface area contributed by atoms with Crippen LogP contribution < -0.4 is 4.74 Å². The number of aliphatic carboxylic acids is 1. The van der Waals surface area contributed by atoms with Gasteiger partial charge < -0.3 is 9.84 Å². The van der Waals surface area contributed by atoms with E-state index in [9.17, 15) is 9.90 Å². The van der Waals surface area contributed by atoms with Crippen LogP contribution in [-0.4, -0.2) is 23.2 Å². The molecule has 1 N–H and O–H groups in total. The van der Waals surface area contributed by atoms with Crippen LogP contribution in [0.1, 0.15) is 17.2 Å². The van der Waals surface area contributed by atoms with Crippen molar-refractivity contribution in [3.63, 3.8) is 0 Å². The number of aromatic nitrogens is 1. The van der Waals surface area contributed by atoms with Crippen molar-refractivity contribution >= 4 is 5.97 Å². The number of nitrogens with zero attached hydrogens (tertiary/aromatic N) is 1. The Morgan fingerprint density at radius 1 is 1.32 bits per heavy atom. The van der Waals surface area contributed by atoms with Gasteiger partial charge in [-0.15, -0.1) is 0 Å². The number of hydrogen-bond acceptors (Lipinski definition) is 3. The van der Waals surface area contributed by atoms with E-state index < -0.39 is 11.9 Å². The average molecular weight is 257 g/mol. The van der Waals surface area contributed by atoms with Crippen LogP contribution in [-0.2, 0) is 11.2 Å². The van der Waals surface area contributed by atoms with Crippen molar-refractivity contribution in [3.8, 4) is 5.75 Å². The standard InChI is InChI=1S/C15H15NO3/c1-19-12-6-4-5-11(9-12)10-13(15(17)18)14-7-2-3-8-16-14/h2-9,13H,10H2,1H3,(H,17,18). The lowest BCUT2D eigenvalue weighted by molar-refractivity contribution is -0.138. The number of pyridine rings is 1. The molecule has 0 aliphatic rings. The van der Waals surface area contributed by atoms with Crippen LogP contribution in [0, 0.1) is 0 Å². The van der Waals surface area contributed by atoms with Crippen molar-refractivity contribution in [2.24, 2.45) is 0 Å². The fourth-order valence-electron chi connectivity index (χ4n) is 1.94. The molecule has 1 aromatic heterocycles. The van der Waals surface area contributed by atoms with Gasteiger partial charge >= 0.3 is 5.97 Å². The van der Waals surface area contributed by atoms with Crippen molar-refractivity contribution in [2.75, 3.05) is 7.11 Å². The third-order valence-corrected chi connectivity index (χ3v) is 2.92. The monoisotopic (exact) mass is 257 g/mol. The Kier molecular flexibility index (Phi) is 4.13. The number of carbonyl (C=O) groups is 1. The fourth-order valence-corrected chi connectivity index (χ4v) is 1.94. The van der Waals surface area contributed by atoms with Gasteiger partial charge in [-0.3, -0.25) is 9.78 Å². The quantitative estimate of drug-likeness (QED) is 0.894. The first-order chi connectivity index (χ1) is 9.20. The molecule has 2 aromatic rings. The summed E-state index contributed by atoms with van der Waals surface area (Å²) >= 11 is 0. The maximum atomic E-state index is 11.4. The highest BCUT2D eigenvalue weighted by Gasteiger charge is 2.21. The number of methoxy groups -OCH3 is 1. The molecule has 19 heavy (non-hydrogen) atoms. The van der Waals surface area contributed by atoms with Crippen molar-refractivity contribution in [2.45, 2.75) is 12.3 Å². The summed E-state index contributed by atoms with van der Waals surface area (Å²) in [5.41, 5.74) is 1.48. The second kappa shape index (κ2) is 6.00. The Labute approximate surface area is 111 Å². The molecule has 0 amide bonds. The maximum absolute atomic E-state index is 11.4. The zero-order chi connectivity index (χ0) is 13.7. The Hall–Kier alpha value is -2.36. The maximum Gasteiger partial charge on any atom is 0.312 e. The highest BCUT2D eigenvalue weighted by atomic mass is 16.5. The molecule has 1 aromatic carbocycles. The molecule has 0 radical (unpaired) electrons. The van der Waals surface area contributed by atoms with E-state index in [1.807, 2.05) is 24.3 Å². The molecule has 0 fully saturated rings. The van der Waals surface area contributed by atoms with Gasteiger partial charge in [-0.2, -0.15) is 0 Å². The van der Waals surface area contributed by atoms with Crippen LogP contribution in [0.5, 0.6) is 5.75 Å². The van der Waals surface area contributed by atoms with Crippen molar-refractivity contribution < 1.29 is 14.6 Å². The van der Waals surface area contributed by atoms with E-state index in [2.05, 4.69) is 4.98 Å². The summed E-state index contributed by atoms with van der Waals surface area (Å²) in [6.45, 7) is 0. The van der Waals surface area contributed by atoms with Crippen LogP contribution in [0.25, 0.3) is 0 Å². The molecule has 0 bridgehead atoms. The first kappa shape index (κ1) is 13.1. The van der Waals surface area contributed by atoms with Gasteiger partial charge in [0, 0.05) is 6.20 Å². The topological polar surface area (TPSA) is 59.4 Å². The molecule has 0 saturated heterocycles. The van der Waals surface area contributed by atoms with E-state index in [0.29, 0.717) is 12.1 Å². The fraction of sp³-hybridized carbons (Fsp3) is 0.200. The zero-order valence-corrected chi connectivity index (χ0v) is 10.6. The summed E-state index contributed by atoms with van der Waals surface area (Å²) in [7, 11) is 1.59. The van der Waals surface area contributed by atoms with E-state index in [-0.39, 0.29) is 0 Å². The Bertz CT molecular complexity index is 554. The van der Waals surface area contributed by atoms with Crippen LogP contribution in [0.2, 0.25) is 0 Å². The molecule has 2 rings (SSSR count). The molecule has 1 heterocycles. The first-order valence-corrected chi connectivity index (χ1v) is 5.97. The van der Waals surface area contributed by atoms with Gasteiger partial charge in [0.1, 0.15) is 11.7 Å². The number of rotatable bonds is 5. The smallest absolute Gasteiger partial charge is 0.312 e. The number of hydrogen-bond donors (Lipinski definition) is 1.